The molecule has 118 valence electrons. The van der Waals surface area contributed by atoms with Gasteiger partial charge in [-0.2, -0.15) is 12.7 Å². The number of oxime groups is 1. The molecule has 4 N–H and O–H groups in total. The molecule has 1 heterocycles. The van der Waals surface area contributed by atoms with Crippen molar-refractivity contribution >= 4 is 16.0 Å². The maximum atomic E-state index is 12.0. The Morgan fingerprint density at radius 1 is 1.35 bits per heavy atom. The molecule has 0 aromatic heterocycles. The topological polar surface area (TPSA) is 111 Å². The van der Waals surface area contributed by atoms with Crippen LogP contribution in [0.15, 0.2) is 5.16 Å². The highest BCUT2D eigenvalue weighted by Crippen LogP contribution is 2.18. The van der Waals surface area contributed by atoms with Gasteiger partial charge in [-0.25, -0.2) is 4.72 Å². The average Bonchev–Trinajstić information content (AvgIpc) is 2.44. The molecule has 1 fully saturated rings. The normalized spacial score (nSPS) is 20.2. The molecule has 1 aliphatic heterocycles. The molecule has 0 saturated carbocycles. The third kappa shape index (κ3) is 3.81. The molecular weight excluding hydrogens is 282 g/mol. The van der Waals surface area contributed by atoms with Crippen LogP contribution < -0.4 is 10.5 Å². The van der Waals surface area contributed by atoms with Gasteiger partial charge in [0.2, 0.25) is 0 Å². The molecule has 1 saturated heterocycles. The van der Waals surface area contributed by atoms with E-state index in [2.05, 4.69) is 9.88 Å². The lowest BCUT2D eigenvalue weighted by atomic mass is 10.0. The van der Waals surface area contributed by atoms with E-state index in [1.165, 1.54) is 4.31 Å². The van der Waals surface area contributed by atoms with Gasteiger partial charge in [-0.1, -0.05) is 12.1 Å². The zero-order valence-corrected chi connectivity index (χ0v) is 13.2. The molecule has 0 spiro atoms. The van der Waals surface area contributed by atoms with Gasteiger partial charge >= 0.3 is 0 Å². The molecule has 0 bridgehead atoms. The van der Waals surface area contributed by atoms with Crippen molar-refractivity contribution in [2.75, 3.05) is 32.7 Å². The SMILES string of the molecule is CCCNS(=O)(=O)N1CCN(C(C)(C)C(N)=NO)CC1. The Labute approximate surface area is 120 Å². The van der Waals surface area contributed by atoms with Crippen LogP contribution in [0.5, 0.6) is 0 Å². The van der Waals surface area contributed by atoms with Crippen molar-refractivity contribution in [3.63, 3.8) is 0 Å². The molecule has 0 radical (unpaired) electrons. The van der Waals surface area contributed by atoms with E-state index in [0.717, 1.165) is 6.42 Å². The third-order valence-electron chi connectivity index (χ3n) is 3.64. The molecule has 0 aromatic carbocycles. The Balaban J connectivity index is 2.64. The van der Waals surface area contributed by atoms with Crippen LogP contribution in [0.4, 0.5) is 0 Å². The molecule has 0 unspecified atom stereocenters. The zero-order chi connectivity index (χ0) is 15.4. The van der Waals surface area contributed by atoms with Crippen LogP contribution >= 0.6 is 0 Å². The molecule has 0 aromatic rings. The lowest BCUT2D eigenvalue weighted by Gasteiger charge is -2.42. The molecule has 1 aliphatic rings. The maximum Gasteiger partial charge on any atom is 0.279 e. The molecule has 1 rings (SSSR count). The Kier molecular flexibility index (Phi) is 5.75. The van der Waals surface area contributed by atoms with Gasteiger partial charge in [0.05, 0.1) is 5.54 Å². The van der Waals surface area contributed by atoms with E-state index in [1.807, 2.05) is 25.7 Å². The largest absolute Gasteiger partial charge is 0.409 e. The summed E-state index contributed by atoms with van der Waals surface area (Å²) in [5.74, 6) is 0.123. The number of nitrogens with one attached hydrogen (secondary N) is 1. The monoisotopic (exact) mass is 307 g/mol. The van der Waals surface area contributed by atoms with Crippen molar-refractivity contribution in [1.82, 2.24) is 13.9 Å². The van der Waals surface area contributed by atoms with Gasteiger partial charge in [-0.15, -0.1) is 0 Å². The van der Waals surface area contributed by atoms with Gasteiger partial charge in [-0.3, -0.25) is 4.90 Å². The Bertz CT molecular complexity index is 441. The van der Waals surface area contributed by atoms with Crippen molar-refractivity contribution < 1.29 is 13.6 Å². The summed E-state index contributed by atoms with van der Waals surface area (Å²) in [7, 11) is -3.39. The fraction of sp³-hybridized carbons (Fsp3) is 0.909. The second-order valence-electron chi connectivity index (χ2n) is 5.33. The van der Waals surface area contributed by atoms with Gasteiger partial charge < -0.3 is 10.9 Å². The first-order valence-corrected chi connectivity index (χ1v) is 8.17. The minimum atomic E-state index is -3.39. The number of hydrogen-bond donors (Lipinski definition) is 3. The van der Waals surface area contributed by atoms with E-state index >= 15 is 0 Å². The quantitative estimate of drug-likeness (QED) is 0.262. The van der Waals surface area contributed by atoms with Gasteiger partial charge in [0, 0.05) is 32.7 Å². The molecule has 9 heteroatoms. The van der Waals surface area contributed by atoms with Gasteiger partial charge in [0.25, 0.3) is 10.2 Å². The van der Waals surface area contributed by atoms with E-state index in [1.54, 1.807) is 0 Å². The van der Waals surface area contributed by atoms with E-state index in [0.29, 0.717) is 32.7 Å². The number of amidine groups is 1. The summed E-state index contributed by atoms with van der Waals surface area (Å²) in [6.45, 7) is 7.91. The van der Waals surface area contributed by atoms with E-state index < -0.39 is 15.7 Å². The summed E-state index contributed by atoms with van der Waals surface area (Å²) in [5.41, 5.74) is 5.09. The van der Waals surface area contributed by atoms with Crippen LogP contribution in [-0.2, 0) is 10.2 Å². The smallest absolute Gasteiger partial charge is 0.279 e. The van der Waals surface area contributed by atoms with Crippen LogP contribution in [0.1, 0.15) is 27.2 Å². The van der Waals surface area contributed by atoms with E-state index in [4.69, 9.17) is 10.9 Å². The minimum Gasteiger partial charge on any atom is -0.409 e. The van der Waals surface area contributed by atoms with Crippen molar-refractivity contribution in [3.05, 3.63) is 0 Å². The van der Waals surface area contributed by atoms with Crippen molar-refractivity contribution in [1.29, 1.82) is 0 Å². The Hall–Kier alpha value is -0.900. The van der Waals surface area contributed by atoms with E-state index in [9.17, 15) is 8.42 Å². The highest BCUT2D eigenvalue weighted by atomic mass is 32.2. The number of nitrogens with zero attached hydrogens (tertiary/aromatic N) is 3. The van der Waals surface area contributed by atoms with E-state index in [-0.39, 0.29) is 5.84 Å². The lowest BCUT2D eigenvalue weighted by molar-refractivity contribution is 0.118. The van der Waals surface area contributed by atoms with Crippen molar-refractivity contribution in [2.45, 2.75) is 32.7 Å². The number of rotatable bonds is 6. The number of piperazine rings is 1. The molecule has 0 aliphatic carbocycles. The summed E-state index contributed by atoms with van der Waals surface area (Å²) in [6.07, 6.45) is 0.760. The second kappa shape index (κ2) is 6.70. The highest BCUT2D eigenvalue weighted by Gasteiger charge is 2.36. The molecule has 0 atom stereocenters. The first kappa shape index (κ1) is 17.2. The first-order chi connectivity index (χ1) is 9.25. The standard InChI is InChI=1S/C11H25N5O3S/c1-4-5-13-20(18,19)16-8-6-15(7-9-16)11(2,3)10(12)14-17/h13,17H,4-9H2,1-3H3,(H2,12,14). The summed E-state index contributed by atoms with van der Waals surface area (Å²) >= 11 is 0. The molecule has 20 heavy (non-hydrogen) atoms. The van der Waals surface area contributed by atoms with Gasteiger partial charge in [0.15, 0.2) is 5.84 Å². The fourth-order valence-electron chi connectivity index (χ4n) is 2.09. The van der Waals surface area contributed by atoms with Crippen molar-refractivity contribution in [3.8, 4) is 0 Å². The summed E-state index contributed by atoms with van der Waals surface area (Å²) in [5, 5.41) is 11.9. The third-order valence-corrected chi connectivity index (χ3v) is 5.25. The minimum absolute atomic E-state index is 0.123. The van der Waals surface area contributed by atoms with Crippen LogP contribution in [0.2, 0.25) is 0 Å². The molecular formula is C11H25N5O3S. The summed E-state index contributed by atoms with van der Waals surface area (Å²) in [6, 6.07) is 0. The predicted molar refractivity (Wildman–Crippen MR) is 77.8 cm³/mol. The van der Waals surface area contributed by atoms with Crippen molar-refractivity contribution in [2.24, 2.45) is 10.9 Å². The predicted octanol–water partition coefficient (Wildman–Crippen LogP) is -0.627. The first-order valence-electron chi connectivity index (χ1n) is 6.73. The maximum absolute atomic E-state index is 12.0. The zero-order valence-electron chi connectivity index (χ0n) is 12.3. The molecule has 8 nitrogen and oxygen atoms in total. The van der Waals surface area contributed by atoms with Gasteiger partial charge in [-0.05, 0) is 20.3 Å². The molecule has 0 amide bonds. The summed E-state index contributed by atoms with van der Waals surface area (Å²) in [4.78, 5) is 2.01. The van der Waals surface area contributed by atoms with Crippen LogP contribution in [0.3, 0.4) is 0 Å². The van der Waals surface area contributed by atoms with Crippen LogP contribution in [0, 0.1) is 0 Å². The second-order valence-corrected chi connectivity index (χ2v) is 7.08. The summed E-state index contributed by atoms with van der Waals surface area (Å²) < 4.78 is 28.0. The lowest BCUT2D eigenvalue weighted by Crippen LogP contribution is -2.61. The highest BCUT2D eigenvalue weighted by molar-refractivity contribution is 7.87. The van der Waals surface area contributed by atoms with Crippen LogP contribution in [0.25, 0.3) is 0 Å². The fourth-order valence-corrected chi connectivity index (χ4v) is 3.38. The number of nitrogens with two attached hydrogens (primary N) is 1. The Morgan fingerprint density at radius 3 is 2.35 bits per heavy atom. The van der Waals surface area contributed by atoms with Crippen LogP contribution in [-0.4, -0.2) is 66.9 Å². The van der Waals surface area contributed by atoms with Gasteiger partial charge in [0.1, 0.15) is 0 Å². The number of hydrogen-bond acceptors (Lipinski definition) is 5. The Morgan fingerprint density at radius 2 is 1.90 bits per heavy atom. The average molecular weight is 307 g/mol.